The minimum Gasteiger partial charge on any atom is -0.496 e. The fourth-order valence-electron chi connectivity index (χ4n) is 1.53. The Morgan fingerprint density at radius 2 is 1.09 bits per heavy atom. The monoisotopic (exact) mass is 416 g/mol. The molecule has 0 N–H and O–H groups in total. The normalized spacial score (nSPS) is 5.82. The third kappa shape index (κ3) is 12.7. The number of terminal acetylenes is 1. The van der Waals surface area contributed by atoms with Gasteiger partial charge >= 0.3 is 0 Å². The van der Waals surface area contributed by atoms with Crippen LogP contribution in [-0.4, -0.2) is 13.4 Å². The molecule has 0 aliphatic carbocycles. The molecule has 0 radical (unpaired) electrons. The molecular weight excluding hydrogens is 408 g/mol. The third-order valence-electron chi connectivity index (χ3n) is 2.75. The zero-order valence-electron chi connectivity index (χ0n) is 17.1. The number of carbonyl (C=O) groups excluding carboxylic acids is 1. The van der Waals surface area contributed by atoms with E-state index in [1.165, 1.54) is 7.11 Å². The summed E-state index contributed by atoms with van der Waals surface area (Å²) >= 11 is 0. The summed E-state index contributed by atoms with van der Waals surface area (Å²) in [5.74, 6) is 49.8. The quantitative estimate of drug-likeness (QED) is 0.554. The van der Waals surface area contributed by atoms with E-state index in [4.69, 9.17) is 15.9 Å². The Balaban J connectivity index is 2.48. The van der Waals surface area contributed by atoms with Crippen LogP contribution in [0.15, 0.2) is 18.2 Å². The molecule has 0 saturated carbocycles. The number of carbonyl (C=O) groups is 1. The van der Waals surface area contributed by atoms with E-state index in [2.05, 4.69) is 125 Å². The molecule has 0 heterocycles. The van der Waals surface area contributed by atoms with Gasteiger partial charge < -0.3 is 9.47 Å². The zero-order valence-corrected chi connectivity index (χ0v) is 17.1. The van der Waals surface area contributed by atoms with Crippen LogP contribution in [0.2, 0.25) is 0 Å². The zero-order chi connectivity index (χ0) is 23.8. The van der Waals surface area contributed by atoms with Gasteiger partial charge in [-0.3, -0.25) is 4.79 Å². The molecule has 0 aliphatic rings. The highest BCUT2D eigenvalue weighted by molar-refractivity contribution is 5.79. The van der Waals surface area contributed by atoms with Gasteiger partial charge in [0.25, 0.3) is 0 Å². The van der Waals surface area contributed by atoms with E-state index in [0.717, 1.165) is 0 Å². The molecule has 0 aromatic heterocycles. The largest absolute Gasteiger partial charge is 0.496 e. The maximum Gasteiger partial charge on any atom is 0.153 e. The molecule has 0 saturated heterocycles. The average molecular weight is 416 g/mol. The lowest BCUT2D eigenvalue weighted by Crippen LogP contribution is -1.91. The van der Waals surface area contributed by atoms with Crippen LogP contribution < -0.4 is 9.47 Å². The summed E-state index contributed by atoms with van der Waals surface area (Å²) < 4.78 is 10.3. The second kappa shape index (κ2) is 17.7. The van der Waals surface area contributed by atoms with Gasteiger partial charge in [-0.25, -0.2) is 0 Å². The number of methoxy groups -OCH3 is 1. The van der Waals surface area contributed by atoms with Crippen LogP contribution in [0.25, 0.3) is 0 Å². The number of hydrogen-bond acceptors (Lipinski definition) is 3. The number of hydrogen-bond donors (Lipinski definition) is 0. The van der Waals surface area contributed by atoms with Crippen LogP contribution in [0.5, 0.6) is 11.5 Å². The van der Waals surface area contributed by atoms with Crippen molar-refractivity contribution < 1.29 is 14.3 Å². The van der Waals surface area contributed by atoms with Crippen molar-refractivity contribution in [3.8, 4) is 142 Å². The van der Waals surface area contributed by atoms with E-state index >= 15 is 0 Å². The molecule has 1 aromatic carbocycles. The average Bonchev–Trinajstić information content (AvgIpc) is 2.84. The van der Waals surface area contributed by atoms with Gasteiger partial charge in [0.15, 0.2) is 6.29 Å². The Morgan fingerprint density at radius 3 is 1.48 bits per heavy atom. The van der Waals surface area contributed by atoms with Crippen LogP contribution in [0.1, 0.15) is 10.4 Å². The summed E-state index contributed by atoms with van der Waals surface area (Å²) in [7, 11) is 1.45. The molecule has 0 spiro atoms. The summed E-state index contributed by atoms with van der Waals surface area (Å²) in [4.78, 5) is 10.8. The molecule has 0 amide bonds. The number of benzene rings is 1. The SMILES string of the molecule is C#CC#CC#CC#CC#CC#CC#CC#CC#CC#CC#COc1ccc(C=O)c(OC)c1. The molecule has 0 fully saturated rings. The minimum absolute atomic E-state index is 0.390. The van der Waals surface area contributed by atoms with Gasteiger partial charge in [-0.1, -0.05) is 0 Å². The molecule has 3 heteroatoms. The highest BCUT2D eigenvalue weighted by atomic mass is 16.5. The van der Waals surface area contributed by atoms with E-state index < -0.39 is 0 Å². The van der Waals surface area contributed by atoms with Gasteiger partial charge in [0, 0.05) is 77.1 Å². The van der Waals surface area contributed by atoms with Crippen LogP contribution >= 0.6 is 0 Å². The van der Waals surface area contributed by atoms with E-state index in [1.54, 1.807) is 18.2 Å². The van der Waals surface area contributed by atoms with Gasteiger partial charge in [0.1, 0.15) is 17.6 Å². The smallest absolute Gasteiger partial charge is 0.153 e. The van der Waals surface area contributed by atoms with Gasteiger partial charge in [-0.2, -0.15) is 0 Å². The van der Waals surface area contributed by atoms with Gasteiger partial charge in [0.05, 0.1) is 12.7 Å². The molecule has 146 valence electrons. The molecule has 0 aliphatic heterocycles. The first-order valence-electron chi connectivity index (χ1n) is 8.57. The standard InChI is InChI=1S/C30H8O3/c1-3-4-5-6-7-8-9-10-11-12-13-14-15-16-17-18-19-20-21-22-25-33-29-24-23-28(27-31)30(26-29)32-2/h1,23-24,26-27H,2H3. The Morgan fingerprint density at radius 1 is 0.667 bits per heavy atom. The van der Waals surface area contributed by atoms with Crippen molar-refractivity contribution >= 4 is 6.29 Å². The van der Waals surface area contributed by atoms with Crippen molar-refractivity contribution in [1.29, 1.82) is 0 Å². The van der Waals surface area contributed by atoms with E-state index in [0.29, 0.717) is 23.3 Å². The minimum atomic E-state index is 0.390. The summed E-state index contributed by atoms with van der Waals surface area (Å²) in [5, 5.41) is 0. The second-order valence-electron chi connectivity index (χ2n) is 4.75. The van der Waals surface area contributed by atoms with Gasteiger partial charge in [-0.15, -0.1) is 6.42 Å². The van der Waals surface area contributed by atoms with E-state index in [-0.39, 0.29) is 0 Å². The van der Waals surface area contributed by atoms with Crippen molar-refractivity contribution in [2.75, 3.05) is 7.11 Å². The molecule has 0 unspecified atom stereocenters. The van der Waals surface area contributed by atoms with Crippen LogP contribution in [0.4, 0.5) is 0 Å². The first kappa shape index (κ1) is 24.7. The highest BCUT2D eigenvalue weighted by Crippen LogP contribution is 2.22. The number of aldehydes is 1. The molecular formula is C30H8O3. The molecule has 0 bridgehead atoms. The summed E-state index contributed by atoms with van der Waals surface area (Å²) in [6.45, 7) is 0. The van der Waals surface area contributed by atoms with Crippen molar-refractivity contribution in [3.63, 3.8) is 0 Å². The number of ether oxygens (including phenoxy) is 2. The van der Waals surface area contributed by atoms with Crippen molar-refractivity contribution in [2.24, 2.45) is 0 Å². The van der Waals surface area contributed by atoms with Gasteiger partial charge in [0.2, 0.25) is 0 Å². The predicted molar refractivity (Wildman–Crippen MR) is 126 cm³/mol. The fourth-order valence-corrected chi connectivity index (χ4v) is 1.53. The lowest BCUT2D eigenvalue weighted by molar-refractivity contribution is 0.112. The van der Waals surface area contributed by atoms with E-state index in [1.807, 2.05) is 0 Å². The highest BCUT2D eigenvalue weighted by Gasteiger charge is 2.03. The maximum atomic E-state index is 10.8. The topological polar surface area (TPSA) is 35.5 Å². The first-order chi connectivity index (χ1) is 16.3. The lowest BCUT2D eigenvalue weighted by Gasteiger charge is -2.04. The van der Waals surface area contributed by atoms with Crippen LogP contribution in [0.3, 0.4) is 0 Å². The molecule has 33 heavy (non-hydrogen) atoms. The molecule has 1 aromatic rings. The predicted octanol–water partition coefficient (Wildman–Crippen LogP) is 1.51. The molecule has 0 atom stereocenters. The Labute approximate surface area is 194 Å². The summed E-state index contributed by atoms with van der Waals surface area (Å²) in [6.07, 6.45) is 8.01. The Hall–Kier alpha value is -6.35. The Kier molecular flexibility index (Phi) is 13.3. The maximum absolute atomic E-state index is 10.8. The summed E-state index contributed by atoms with van der Waals surface area (Å²) in [5.41, 5.74) is 0.413. The van der Waals surface area contributed by atoms with Crippen molar-refractivity contribution in [3.05, 3.63) is 23.8 Å². The van der Waals surface area contributed by atoms with Crippen LogP contribution in [-0.2, 0) is 0 Å². The van der Waals surface area contributed by atoms with Crippen molar-refractivity contribution in [2.45, 2.75) is 0 Å². The third-order valence-corrected chi connectivity index (χ3v) is 2.75. The van der Waals surface area contributed by atoms with Crippen molar-refractivity contribution in [1.82, 2.24) is 0 Å². The Bertz CT molecular complexity index is 1600. The van der Waals surface area contributed by atoms with Gasteiger partial charge in [-0.05, 0) is 59.5 Å². The fraction of sp³-hybridized carbons (Fsp3) is 0.0333. The lowest BCUT2D eigenvalue weighted by atomic mass is 10.2. The first-order valence-corrected chi connectivity index (χ1v) is 8.57. The number of rotatable bonds is 3. The van der Waals surface area contributed by atoms with E-state index in [9.17, 15) is 4.79 Å². The molecule has 1 rings (SSSR count). The summed E-state index contributed by atoms with van der Waals surface area (Å²) in [6, 6.07) is 4.70. The van der Waals surface area contributed by atoms with Crippen LogP contribution in [0, 0.1) is 131 Å². The second-order valence-corrected chi connectivity index (χ2v) is 4.75. The molecule has 3 nitrogen and oxygen atoms in total.